The van der Waals surface area contributed by atoms with E-state index in [-0.39, 0.29) is 5.91 Å². The number of nitrogens with one attached hydrogen (secondary N) is 1. The average Bonchev–Trinajstić information content (AvgIpc) is 2.52. The van der Waals surface area contributed by atoms with Crippen molar-refractivity contribution < 1.29 is 9.53 Å². The first-order valence-corrected chi connectivity index (χ1v) is 8.65. The molecule has 0 heterocycles. The van der Waals surface area contributed by atoms with Gasteiger partial charge in [-0.15, -0.1) is 11.8 Å². The predicted octanol–water partition coefficient (Wildman–Crippen LogP) is 4.17. The molecule has 0 saturated carbocycles. The molecule has 0 fully saturated rings. The molecule has 2 rings (SSSR count). The second-order valence-electron chi connectivity index (χ2n) is 4.79. The van der Waals surface area contributed by atoms with Gasteiger partial charge >= 0.3 is 0 Å². The van der Waals surface area contributed by atoms with Crippen molar-refractivity contribution in [3.8, 4) is 5.75 Å². The average molecular weight is 380 g/mol. The van der Waals surface area contributed by atoms with Crippen LogP contribution < -0.4 is 10.1 Å². The van der Waals surface area contributed by atoms with Crippen LogP contribution in [0.3, 0.4) is 0 Å². The lowest BCUT2D eigenvalue weighted by Gasteiger charge is -2.10. The number of carbonyl (C=O) groups is 1. The van der Waals surface area contributed by atoms with Gasteiger partial charge in [0.2, 0.25) is 5.91 Å². The first-order valence-electron chi connectivity index (χ1n) is 6.87. The molecule has 2 aromatic carbocycles. The largest absolute Gasteiger partial charge is 0.496 e. The molecule has 1 N–H and O–H groups in total. The highest BCUT2D eigenvalue weighted by Crippen LogP contribution is 2.25. The number of carbonyl (C=O) groups excluding carboxylic acids is 1. The van der Waals surface area contributed by atoms with Crippen molar-refractivity contribution in [1.29, 1.82) is 0 Å². The lowest BCUT2D eigenvalue weighted by molar-refractivity contribution is -0.118. The molecular formula is C17H18BrNO2S. The third kappa shape index (κ3) is 4.78. The van der Waals surface area contributed by atoms with E-state index in [0.29, 0.717) is 12.3 Å². The first-order chi connectivity index (χ1) is 10.6. The van der Waals surface area contributed by atoms with E-state index >= 15 is 0 Å². The number of hydrogen-bond donors (Lipinski definition) is 1. The number of para-hydroxylation sites is 1. The Balaban J connectivity index is 1.85. The van der Waals surface area contributed by atoms with Gasteiger partial charge < -0.3 is 10.1 Å². The molecule has 0 aliphatic heterocycles. The number of rotatable bonds is 6. The third-order valence-corrected chi connectivity index (χ3v) is 4.83. The molecule has 0 bridgehead atoms. The van der Waals surface area contributed by atoms with Crippen LogP contribution >= 0.6 is 27.7 Å². The Morgan fingerprint density at radius 1 is 1.27 bits per heavy atom. The zero-order valence-corrected chi connectivity index (χ0v) is 15.0. The standard InChI is InChI=1S/C17H18BrNO2S/c1-12-9-14(18)7-8-16(12)22-11-17(20)19-10-13-5-3-4-6-15(13)21-2/h3-9H,10-11H2,1-2H3,(H,19,20). The van der Waals surface area contributed by atoms with Gasteiger partial charge in [0.05, 0.1) is 12.9 Å². The van der Waals surface area contributed by atoms with E-state index in [1.54, 1.807) is 18.9 Å². The predicted molar refractivity (Wildman–Crippen MR) is 94.4 cm³/mol. The lowest BCUT2D eigenvalue weighted by Crippen LogP contribution is -2.24. The van der Waals surface area contributed by atoms with E-state index < -0.39 is 0 Å². The van der Waals surface area contributed by atoms with Gasteiger partial charge in [-0.05, 0) is 36.8 Å². The Bertz CT molecular complexity index is 661. The van der Waals surface area contributed by atoms with Crippen molar-refractivity contribution in [2.24, 2.45) is 0 Å². The van der Waals surface area contributed by atoms with Crippen molar-refractivity contribution in [1.82, 2.24) is 5.32 Å². The number of benzene rings is 2. The number of halogens is 1. The first kappa shape index (κ1) is 16.9. The minimum absolute atomic E-state index is 0.0122. The molecule has 0 aromatic heterocycles. The van der Waals surface area contributed by atoms with Gasteiger partial charge in [-0.3, -0.25) is 4.79 Å². The molecule has 3 nitrogen and oxygen atoms in total. The Morgan fingerprint density at radius 2 is 2.05 bits per heavy atom. The van der Waals surface area contributed by atoms with Gasteiger partial charge in [0.15, 0.2) is 0 Å². The van der Waals surface area contributed by atoms with Crippen LogP contribution in [0.15, 0.2) is 51.8 Å². The summed E-state index contributed by atoms with van der Waals surface area (Å²) in [6.07, 6.45) is 0. The molecule has 22 heavy (non-hydrogen) atoms. The summed E-state index contributed by atoms with van der Waals surface area (Å²) in [6, 6.07) is 13.8. The number of methoxy groups -OCH3 is 1. The summed E-state index contributed by atoms with van der Waals surface area (Å²) in [5.41, 5.74) is 2.14. The SMILES string of the molecule is COc1ccccc1CNC(=O)CSc1ccc(Br)cc1C. The Morgan fingerprint density at radius 3 is 2.77 bits per heavy atom. The van der Waals surface area contributed by atoms with E-state index in [9.17, 15) is 4.79 Å². The molecule has 0 atom stereocenters. The van der Waals surface area contributed by atoms with Crippen molar-refractivity contribution in [3.05, 3.63) is 58.1 Å². The Labute approximate surface area is 143 Å². The van der Waals surface area contributed by atoms with E-state index in [1.807, 2.05) is 43.3 Å². The molecule has 0 spiro atoms. The molecular weight excluding hydrogens is 362 g/mol. The van der Waals surface area contributed by atoms with Gasteiger partial charge in [0.1, 0.15) is 5.75 Å². The molecule has 2 aromatic rings. The molecule has 1 amide bonds. The summed E-state index contributed by atoms with van der Waals surface area (Å²) in [4.78, 5) is 13.1. The van der Waals surface area contributed by atoms with Crippen LogP contribution in [0, 0.1) is 6.92 Å². The fourth-order valence-electron chi connectivity index (χ4n) is 2.01. The van der Waals surface area contributed by atoms with Crippen LogP contribution in [0.4, 0.5) is 0 Å². The maximum Gasteiger partial charge on any atom is 0.230 e. The normalized spacial score (nSPS) is 10.3. The fraction of sp³-hybridized carbons (Fsp3) is 0.235. The van der Waals surface area contributed by atoms with Crippen LogP contribution in [0.1, 0.15) is 11.1 Å². The van der Waals surface area contributed by atoms with Gasteiger partial charge in [-0.25, -0.2) is 0 Å². The summed E-state index contributed by atoms with van der Waals surface area (Å²) < 4.78 is 6.32. The number of hydrogen-bond acceptors (Lipinski definition) is 3. The van der Waals surface area contributed by atoms with Crippen LogP contribution in [0.5, 0.6) is 5.75 Å². The molecule has 116 valence electrons. The van der Waals surface area contributed by atoms with E-state index in [0.717, 1.165) is 26.2 Å². The van der Waals surface area contributed by atoms with E-state index in [1.165, 1.54) is 0 Å². The molecule has 0 aliphatic carbocycles. The summed E-state index contributed by atoms with van der Waals surface area (Å²) in [6.45, 7) is 2.52. The zero-order chi connectivity index (χ0) is 15.9. The highest BCUT2D eigenvalue weighted by molar-refractivity contribution is 9.10. The molecule has 5 heteroatoms. The van der Waals surface area contributed by atoms with Gasteiger partial charge in [-0.1, -0.05) is 34.1 Å². The fourth-order valence-corrected chi connectivity index (χ4v) is 3.33. The molecule has 0 radical (unpaired) electrons. The Kier molecular flexibility index (Phi) is 6.34. The maximum absolute atomic E-state index is 12.0. The highest BCUT2D eigenvalue weighted by Gasteiger charge is 2.07. The molecule has 0 aliphatic rings. The number of ether oxygens (including phenoxy) is 1. The summed E-state index contributed by atoms with van der Waals surface area (Å²) in [5, 5.41) is 2.93. The lowest BCUT2D eigenvalue weighted by atomic mass is 10.2. The smallest absolute Gasteiger partial charge is 0.230 e. The zero-order valence-electron chi connectivity index (χ0n) is 12.6. The minimum Gasteiger partial charge on any atom is -0.496 e. The maximum atomic E-state index is 12.0. The van der Waals surface area contributed by atoms with Crippen LogP contribution in [-0.2, 0) is 11.3 Å². The van der Waals surface area contributed by atoms with Crippen molar-refractivity contribution in [2.45, 2.75) is 18.4 Å². The second-order valence-corrected chi connectivity index (χ2v) is 6.72. The van der Waals surface area contributed by atoms with Crippen LogP contribution in [-0.4, -0.2) is 18.8 Å². The summed E-state index contributed by atoms with van der Waals surface area (Å²) in [7, 11) is 1.63. The number of thioether (sulfide) groups is 1. The quantitative estimate of drug-likeness (QED) is 0.765. The molecule has 0 unspecified atom stereocenters. The summed E-state index contributed by atoms with van der Waals surface area (Å²) >= 11 is 4.99. The third-order valence-electron chi connectivity index (χ3n) is 3.16. The second kappa shape index (κ2) is 8.25. The van der Waals surface area contributed by atoms with Crippen molar-refractivity contribution in [2.75, 3.05) is 12.9 Å². The minimum atomic E-state index is 0.0122. The van der Waals surface area contributed by atoms with E-state index in [2.05, 4.69) is 27.3 Å². The van der Waals surface area contributed by atoms with E-state index in [4.69, 9.17) is 4.74 Å². The summed E-state index contributed by atoms with van der Waals surface area (Å²) in [5.74, 6) is 1.20. The van der Waals surface area contributed by atoms with Gasteiger partial charge in [-0.2, -0.15) is 0 Å². The van der Waals surface area contributed by atoms with Gasteiger partial charge in [0.25, 0.3) is 0 Å². The monoisotopic (exact) mass is 379 g/mol. The van der Waals surface area contributed by atoms with Crippen molar-refractivity contribution >= 4 is 33.6 Å². The van der Waals surface area contributed by atoms with Crippen LogP contribution in [0.2, 0.25) is 0 Å². The highest BCUT2D eigenvalue weighted by atomic mass is 79.9. The Hall–Kier alpha value is -1.46. The van der Waals surface area contributed by atoms with Crippen molar-refractivity contribution in [3.63, 3.8) is 0 Å². The topological polar surface area (TPSA) is 38.3 Å². The number of aryl methyl sites for hydroxylation is 1. The number of amides is 1. The molecule has 0 saturated heterocycles. The van der Waals surface area contributed by atoms with Gasteiger partial charge in [0, 0.05) is 21.5 Å². The van der Waals surface area contributed by atoms with Crippen LogP contribution in [0.25, 0.3) is 0 Å².